The maximum absolute atomic E-state index is 13.1. The molecule has 1 N–H and O–H groups in total. The van der Waals surface area contributed by atoms with Crippen LogP contribution in [0.3, 0.4) is 0 Å². The average molecular weight is 502 g/mol. The summed E-state index contributed by atoms with van der Waals surface area (Å²) in [6.45, 7) is 5.04. The topological polar surface area (TPSA) is 98.7 Å². The van der Waals surface area contributed by atoms with E-state index in [9.17, 15) is 9.59 Å². The van der Waals surface area contributed by atoms with Crippen LogP contribution in [0.2, 0.25) is 0 Å². The molecule has 3 heterocycles. The van der Waals surface area contributed by atoms with Gasteiger partial charge >= 0.3 is 5.97 Å². The maximum Gasteiger partial charge on any atom is 0.338 e. The fourth-order valence-electron chi connectivity index (χ4n) is 4.40. The highest BCUT2D eigenvalue weighted by Gasteiger charge is 2.41. The number of thioether (sulfide) groups is 1. The van der Waals surface area contributed by atoms with Crippen molar-refractivity contribution < 1.29 is 28.5 Å². The standard InChI is InChI=1S/C25H31N3O6S/c1-5-33-24(30)22-15(2)27-25-28(23(22)16-9-19(31-3)12-20(10-16)32-4)17(14-35-25)11-21(29)26-13-18-7-6-8-34-18/h9-10,12,14,18,23H,5-8,11,13H2,1-4H3,(H,26,29)/t18-,23+/m0/s1. The van der Waals surface area contributed by atoms with Crippen LogP contribution in [0.1, 0.15) is 44.7 Å². The number of fused-ring (bicyclic) bond motifs is 1. The second kappa shape index (κ2) is 11.2. The van der Waals surface area contributed by atoms with Crippen molar-refractivity contribution in [2.45, 2.75) is 45.3 Å². The summed E-state index contributed by atoms with van der Waals surface area (Å²) in [4.78, 5) is 32.5. The van der Waals surface area contributed by atoms with E-state index in [0.717, 1.165) is 30.7 Å². The van der Waals surface area contributed by atoms with Crippen molar-refractivity contribution in [1.29, 1.82) is 0 Å². The van der Waals surface area contributed by atoms with Crippen LogP contribution in [-0.2, 0) is 19.1 Å². The average Bonchev–Trinajstić information content (AvgIpc) is 3.51. The summed E-state index contributed by atoms with van der Waals surface area (Å²) >= 11 is 1.43. The van der Waals surface area contributed by atoms with E-state index in [0.29, 0.717) is 34.5 Å². The summed E-state index contributed by atoms with van der Waals surface area (Å²) in [5.74, 6) is 0.630. The number of benzene rings is 1. The minimum atomic E-state index is -0.558. The van der Waals surface area contributed by atoms with Crippen LogP contribution in [0.4, 0.5) is 0 Å². The lowest BCUT2D eigenvalue weighted by Crippen LogP contribution is -2.38. The minimum Gasteiger partial charge on any atom is -0.497 e. The van der Waals surface area contributed by atoms with Crippen LogP contribution in [0.15, 0.2) is 45.6 Å². The van der Waals surface area contributed by atoms with Gasteiger partial charge in [-0.25, -0.2) is 9.79 Å². The number of aliphatic imine (C=N–C) groups is 1. The van der Waals surface area contributed by atoms with Crippen LogP contribution in [0, 0.1) is 0 Å². The van der Waals surface area contributed by atoms with Crippen molar-refractivity contribution in [1.82, 2.24) is 10.2 Å². The molecule has 4 rings (SSSR count). The molecule has 0 saturated carbocycles. The molecule has 1 fully saturated rings. The number of ether oxygens (including phenoxy) is 4. The predicted molar refractivity (Wildman–Crippen MR) is 133 cm³/mol. The van der Waals surface area contributed by atoms with Crippen molar-refractivity contribution in [2.24, 2.45) is 4.99 Å². The van der Waals surface area contributed by atoms with Gasteiger partial charge in [0.05, 0.1) is 50.7 Å². The summed E-state index contributed by atoms with van der Waals surface area (Å²) in [5, 5.41) is 5.59. The Labute approximate surface area is 209 Å². The first-order valence-corrected chi connectivity index (χ1v) is 12.6. The Morgan fingerprint density at radius 1 is 1.23 bits per heavy atom. The van der Waals surface area contributed by atoms with Gasteiger partial charge in [-0.05, 0) is 49.8 Å². The first-order chi connectivity index (χ1) is 16.9. The molecule has 1 saturated heterocycles. The zero-order chi connectivity index (χ0) is 24.9. The van der Waals surface area contributed by atoms with Gasteiger partial charge in [-0.1, -0.05) is 11.8 Å². The summed E-state index contributed by atoms with van der Waals surface area (Å²) in [7, 11) is 3.16. The smallest absolute Gasteiger partial charge is 0.338 e. The second-order valence-corrected chi connectivity index (χ2v) is 9.21. The second-order valence-electron chi connectivity index (χ2n) is 8.38. The molecule has 1 aromatic rings. The lowest BCUT2D eigenvalue weighted by molar-refractivity contribution is -0.139. The van der Waals surface area contributed by atoms with Crippen LogP contribution >= 0.6 is 11.8 Å². The molecule has 0 unspecified atom stereocenters. The fraction of sp³-hybridized carbons (Fsp3) is 0.480. The van der Waals surface area contributed by atoms with Gasteiger partial charge in [-0.15, -0.1) is 0 Å². The third-order valence-corrected chi connectivity index (χ3v) is 6.97. The lowest BCUT2D eigenvalue weighted by Gasteiger charge is -2.36. The van der Waals surface area contributed by atoms with E-state index in [2.05, 4.69) is 10.3 Å². The third-order valence-electron chi connectivity index (χ3n) is 6.08. The molecule has 2 atom stereocenters. The molecular weight excluding hydrogens is 470 g/mol. The molecule has 0 aliphatic carbocycles. The molecule has 0 aromatic heterocycles. The molecule has 10 heteroatoms. The minimum absolute atomic E-state index is 0.0657. The number of amidine groups is 1. The number of amides is 1. The normalized spacial score (nSPS) is 21.3. The molecular formula is C25H31N3O6S. The zero-order valence-electron chi connectivity index (χ0n) is 20.5. The molecule has 9 nitrogen and oxygen atoms in total. The quantitative estimate of drug-likeness (QED) is 0.513. The largest absolute Gasteiger partial charge is 0.497 e. The summed E-state index contributed by atoms with van der Waals surface area (Å²) in [6.07, 6.45) is 2.18. The van der Waals surface area contributed by atoms with Crippen LogP contribution in [0.25, 0.3) is 0 Å². The highest BCUT2D eigenvalue weighted by Crippen LogP contribution is 2.46. The molecule has 3 aliphatic rings. The molecule has 3 aliphatic heterocycles. The molecule has 35 heavy (non-hydrogen) atoms. The van der Waals surface area contributed by atoms with Crippen LogP contribution in [-0.4, -0.2) is 62.0 Å². The summed E-state index contributed by atoms with van der Waals surface area (Å²) < 4.78 is 22.0. The van der Waals surface area contributed by atoms with Gasteiger partial charge in [0.1, 0.15) is 11.5 Å². The van der Waals surface area contributed by atoms with E-state index >= 15 is 0 Å². The molecule has 1 amide bonds. The van der Waals surface area contributed by atoms with Crippen molar-refractivity contribution in [3.63, 3.8) is 0 Å². The highest BCUT2D eigenvalue weighted by molar-refractivity contribution is 8.16. The number of rotatable bonds is 9. The van der Waals surface area contributed by atoms with Gasteiger partial charge in [0, 0.05) is 24.9 Å². The fourth-order valence-corrected chi connectivity index (χ4v) is 5.37. The Hall–Kier alpha value is -2.98. The maximum atomic E-state index is 13.1. The number of hydrogen-bond acceptors (Lipinski definition) is 9. The van der Waals surface area contributed by atoms with Crippen molar-refractivity contribution in [3.05, 3.63) is 46.1 Å². The van der Waals surface area contributed by atoms with Crippen molar-refractivity contribution >= 4 is 28.8 Å². The van der Waals surface area contributed by atoms with E-state index in [1.54, 1.807) is 34.1 Å². The monoisotopic (exact) mass is 501 g/mol. The van der Waals surface area contributed by atoms with Gasteiger partial charge in [0.25, 0.3) is 0 Å². The first-order valence-electron chi connectivity index (χ1n) is 11.7. The first kappa shape index (κ1) is 25.1. The van der Waals surface area contributed by atoms with Gasteiger partial charge in [-0.3, -0.25) is 4.79 Å². The predicted octanol–water partition coefficient (Wildman–Crippen LogP) is 3.53. The number of esters is 1. The summed E-state index contributed by atoms with van der Waals surface area (Å²) in [6, 6.07) is 4.94. The summed E-state index contributed by atoms with van der Waals surface area (Å²) in [5.41, 5.74) is 2.51. The molecule has 1 aromatic carbocycles. The van der Waals surface area contributed by atoms with E-state index in [4.69, 9.17) is 18.9 Å². The Balaban J connectivity index is 1.66. The third kappa shape index (κ3) is 5.48. The Morgan fingerprint density at radius 2 is 1.97 bits per heavy atom. The van der Waals surface area contributed by atoms with Gasteiger partial charge in [-0.2, -0.15) is 0 Å². The molecule has 188 valence electrons. The van der Waals surface area contributed by atoms with Crippen LogP contribution in [0.5, 0.6) is 11.5 Å². The van der Waals surface area contributed by atoms with E-state index in [-0.39, 0.29) is 25.0 Å². The van der Waals surface area contributed by atoms with Crippen molar-refractivity contribution in [2.75, 3.05) is 34.0 Å². The lowest BCUT2D eigenvalue weighted by atomic mass is 9.93. The SMILES string of the molecule is CCOC(=O)C1=C(C)N=C2SC=C(CC(=O)NC[C@@H]3CCCO3)N2[C@@H]1c1cc(OC)cc(OC)c1. The number of allylic oxidation sites excluding steroid dienone is 1. The van der Waals surface area contributed by atoms with Gasteiger partial charge < -0.3 is 29.2 Å². The van der Waals surface area contributed by atoms with E-state index in [1.165, 1.54) is 11.8 Å². The van der Waals surface area contributed by atoms with Crippen LogP contribution < -0.4 is 14.8 Å². The number of carbonyl (C=O) groups excluding carboxylic acids is 2. The Bertz CT molecular complexity index is 1050. The molecule has 0 radical (unpaired) electrons. The number of nitrogens with zero attached hydrogens (tertiary/aromatic N) is 2. The number of nitrogens with one attached hydrogen (secondary N) is 1. The Morgan fingerprint density at radius 3 is 2.60 bits per heavy atom. The van der Waals surface area contributed by atoms with E-state index < -0.39 is 12.0 Å². The Kier molecular flexibility index (Phi) is 8.02. The molecule has 0 bridgehead atoms. The zero-order valence-corrected chi connectivity index (χ0v) is 21.3. The van der Waals surface area contributed by atoms with Gasteiger partial charge in [0.2, 0.25) is 5.91 Å². The number of carbonyl (C=O) groups is 2. The number of hydrogen-bond donors (Lipinski definition) is 1. The highest BCUT2D eigenvalue weighted by atomic mass is 32.2. The van der Waals surface area contributed by atoms with Gasteiger partial charge in [0.15, 0.2) is 5.17 Å². The molecule has 0 spiro atoms. The van der Waals surface area contributed by atoms with E-state index in [1.807, 2.05) is 22.4 Å². The van der Waals surface area contributed by atoms with Crippen molar-refractivity contribution in [3.8, 4) is 11.5 Å². The number of methoxy groups -OCH3 is 2.